The molecule has 1 atom stereocenters. The number of fused-ring (bicyclic) bond motifs is 5. The van der Waals surface area contributed by atoms with E-state index in [0.717, 1.165) is 53.3 Å². The second-order valence-corrected chi connectivity index (χ2v) is 9.00. The van der Waals surface area contributed by atoms with Crippen LogP contribution in [0.1, 0.15) is 43.8 Å². The molecule has 3 aliphatic rings. The predicted molar refractivity (Wildman–Crippen MR) is 129 cm³/mol. The number of para-hydroxylation sites is 2. The van der Waals surface area contributed by atoms with Crippen LogP contribution in [0.5, 0.6) is 11.5 Å². The van der Waals surface area contributed by atoms with Crippen molar-refractivity contribution in [2.45, 2.75) is 44.3 Å². The van der Waals surface area contributed by atoms with E-state index in [1.165, 1.54) is 32.1 Å². The lowest BCUT2D eigenvalue weighted by Crippen LogP contribution is -2.59. The van der Waals surface area contributed by atoms with E-state index in [9.17, 15) is 0 Å². The monoisotopic (exact) mass is 446 g/mol. The van der Waals surface area contributed by atoms with Gasteiger partial charge in [-0.3, -0.25) is 14.4 Å². The van der Waals surface area contributed by atoms with Crippen LogP contribution in [0.2, 0.25) is 0 Å². The number of ether oxygens (including phenoxy) is 2. The van der Waals surface area contributed by atoms with E-state index in [1.54, 1.807) is 14.2 Å². The highest BCUT2D eigenvalue weighted by molar-refractivity contribution is 5.99. The number of methoxy groups -OCH3 is 2. The topological polar surface area (TPSA) is 67.2 Å². The first-order valence-corrected chi connectivity index (χ1v) is 11.8. The number of rotatable bonds is 4. The highest BCUT2D eigenvalue weighted by Gasteiger charge is 2.38. The van der Waals surface area contributed by atoms with Gasteiger partial charge in [-0.2, -0.15) is 0 Å². The maximum atomic E-state index is 5.76. The lowest BCUT2D eigenvalue weighted by molar-refractivity contribution is 0.156. The molecule has 172 valence electrons. The molecule has 2 aliphatic heterocycles. The molecule has 1 unspecified atom stereocenters. The molecular weight excluding hydrogens is 416 g/mol. The fourth-order valence-electron chi connectivity index (χ4n) is 5.42. The SMILES string of the molecule is COc1ccc(C2NC3=NCN(C4CCCCC4)CN3c3nc4ccccc4n32)c(OC)c1. The third-order valence-electron chi connectivity index (χ3n) is 7.15. The minimum absolute atomic E-state index is 0.190. The molecule has 1 aliphatic carbocycles. The Bertz CT molecular complexity index is 1200. The number of aliphatic imine (C=N–C) groups is 1. The zero-order chi connectivity index (χ0) is 22.4. The minimum Gasteiger partial charge on any atom is -0.497 e. The van der Waals surface area contributed by atoms with E-state index in [2.05, 4.69) is 43.9 Å². The van der Waals surface area contributed by atoms with E-state index >= 15 is 0 Å². The highest BCUT2D eigenvalue weighted by atomic mass is 16.5. The third-order valence-corrected chi connectivity index (χ3v) is 7.15. The Hall–Kier alpha value is -3.26. The summed E-state index contributed by atoms with van der Waals surface area (Å²) in [5.41, 5.74) is 3.07. The Morgan fingerprint density at radius 2 is 1.85 bits per heavy atom. The van der Waals surface area contributed by atoms with Crippen LogP contribution >= 0.6 is 0 Å². The first-order chi connectivity index (χ1) is 16.3. The molecule has 8 nitrogen and oxygen atoms in total. The molecule has 0 amide bonds. The molecular formula is C25H30N6O2. The molecule has 1 saturated carbocycles. The number of guanidine groups is 1. The third kappa shape index (κ3) is 3.40. The molecule has 1 N–H and O–H groups in total. The van der Waals surface area contributed by atoms with Crippen LogP contribution < -0.4 is 19.7 Å². The lowest BCUT2D eigenvalue weighted by atomic mass is 9.94. The van der Waals surface area contributed by atoms with Crippen molar-refractivity contribution < 1.29 is 9.47 Å². The predicted octanol–water partition coefficient (Wildman–Crippen LogP) is 3.93. The molecule has 0 radical (unpaired) electrons. The molecule has 1 fully saturated rings. The quantitative estimate of drug-likeness (QED) is 0.655. The number of anilines is 1. The smallest absolute Gasteiger partial charge is 0.216 e. The Morgan fingerprint density at radius 3 is 2.67 bits per heavy atom. The normalized spacial score (nSPS) is 21.2. The van der Waals surface area contributed by atoms with Gasteiger partial charge >= 0.3 is 0 Å². The standard InChI is InChI=1S/C25H30N6O2/c1-32-18-12-13-19(22(14-18)33-2)23-28-24-26-15-29(17-8-4-3-5-9-17)16-30(24)25-27-20-10-6-7-11-21(20)31(23)25/h6-7,10-14,17,23H,3-5,8-9,15-16H2,1-2H3,(H,26,28). The number of aromatic nitrogens is 2. The van der Waals surface area contributed by atoms with Crippen molar-refractivity contribution in [2.24, 2.45) is 4.99 Å². The van der Waals surface area contributed by atoms with Crippen LogP contribution in [0.4, 0.5) is 5.95 Å². The zero-order valence-corrected chi connectivity index (χ0v) is 19.2. The van der Waals surface area contributed by atoms with Crippen LogP contribution in [-0.4, -0.2) is 54.0 Å². The number of imidazole rings is 1. The summed E-state index contributed by atoms with van der Waals surface area (Å²) in [7, 11) is 3.36. The molecule has 33 heavy (non-hydrogen) atoms. The average Bonchev–Trinajstić information content (AvgIpc) is 3.28. The molecule has 0 spiro atoms. The zero-order valence-electron chi connectivity index (χ0n) is 19.2. The van der Waals surface area contributed by atoms with E-state index < -0.39 is 0 Å². The minimum atomic E-state index is -0.190. The lowest BCUT2D eigenvalue weighted by Gasteiger charge is -2.44. The van der Waals surface area contributed by atoms with Gasteiger partial charge in [-0.05, 0) is 37.1 Å². The van der Waals surface area contributed by atoms with Crippen molar-refractivity contribution in [1.82, 2.24) is 19.8 Å². The van der Waals surface area contributed by atoms with Crippen molar-refractivity contribution >= 4 is 22.9 Å². The summed E-state index contributed by atoms with van der Waals surface area (Å²) in [5.74, 6) is 3.32. The van der Waals surface area contributed by atoms with Gasteiger partial charge in [0, 0.05) is 17.7 Å². The largest absolute Gasteiger partial charge is 0.497 e. The second-order valence-electron chi connectivity index (χ2n) is 9.00. The van der Waals surface area contributed by atoms with Crippen molar-refractivity contribution in [3.05, 3.63) is 48.0 Å². The van der Waals surface area contributed by atoms with Crippen LogP contribution in [0.3, 0.4) is 0 Å². The molecule has 3 heterocycles. The van der Waals surface area contributed by atoms with Gasteiger partial charge in [-0.15, -0.1) is 0 Å². The summed E-state index contributed by atoms with van der Waals surface area (Å²) in [4.78, 5) is 14.8. The molecule has 1 aromatic heterocycles. The molecule has 2 aromatic carbocycles. The number of benzene rings is 2. The first-order valence-electron chi connectivity index (χ1n) is 11.8. The van der Waals surface area contributed by atoms with Gasteiger partial charge in [0.25, 0.3) is 0 Å². The molecule has 3 aromatic rings. The van der Waals surface area contributed by atoms with Gasteiger partial charge < -0.3 is 14.8 Å². The van der Waals surface area contributed by atoms with Crippen LogP contribution in [0, 0.1) is 0 Å². The Labute approximate surface area is 193 Å². The maximum Gasteiger partial charge on any atom is 0.216 e. The van der Waals surface area contributed by atoms with E-state index in [0.29, 0.717) is 6.04 Å². The van der Waals surface area contributed by atoms with Crippen molar-refractivity contribution in [1.29, 1.82) is 0 Å². The van der Waals surface area contributed by atoms with Gasteiger partial charge in [-0.1, -0.05) is 31.4 Å². The van der Waals surface area contributed by atoms with E-state index in [1.807, 2.05) is 18.2 Å². The Morgan fingerprint density at radius 1 is 1.00 bits per heavy atom. The van der Waals surface area contributed by atoms with Crippen molar-refractivity contribution in [2.75, 3.05) is 32.5 Å². The van der Waals surface area contributed by atoms with Gasteiger partial charge in [-0.25, -0.2) is 9.98 Å². The van der Waals surface area contributed by atoms with E-state index in [4.69, 9.17) is 19.5 Å². The highest BCUT2D eigenvalue weighted by Crippen LogP contribution is 2.38. The maximum absolute atomic E-state index is 5.76. The fraction of sp³-hybridized carbons (Fsp3) is 0.440. The summed E-state index contributed by atoms with van der Waals surface area (Å²) in [6.45, 7) is 1.52. The molecule has 0 bridgehead atoms. The van der Waals surface area contributed by atoms with E-state index in [-0.39, 0.29) is 6.17 Å². The molecule has 6 rings (SSSR count). The van der Waals surface area contributed by atoms with Gasteiger partial charge in [0.2, 0.25) is 11.9 Å². The molecule has 0 saturated heterocycles. The van der Waals surface area contributed by atoms with Crippen LogP contribution in [0.15, 0.2) is 47.5 Å². The van der Waals surface area contributed by atoms with Gasteiger partial charge in [0.05, 0.1) is 38.6 Å². The fourth-order valence-corrected chi connectivity index (χ4v) is 5.42. The second kappa shape index (κ2) is 8.26. The Balaban J connectivity index is 1.45. The van der Waals surface area contributed by atoms with Crippen LogP contribution in [-0.2, 0) is 0 Å². The van der Waals surface area contributed by atoms with Gasteiger partial charge in [0.1, 0.15) is 17.7 Å². The summed E-state index contributed by atoms with van der Waals surface area (Å²) in [6, 6.07) is 14.9. The number of hydrogen-bond acceptors (Lipinski definition) is 7. The summed E-state index contributed by atoms with van der Waals surface area (Å²) in [5, 5.41) is 3.69. The molecule has 8 heteroatoms. The first kappa shape index (κ1) is 20.4. The van der Waals surface area contributed by atoms with Crippen LogP contribution in [0.25, 0.3) is 11.0 Å². The average molecular weight is 447 g/mol. The van der Waals surface area contributed by atoms with Gasteiger partial charge in [0.15, 0.2) is 0 Å². The number of nitrogens with one attached hydrogen (secondary N) is 1. The van der Waals surface area contributed by atoms with Crippen molar-refractivity contribution in [3.8, 4) is 11.5 Å². The van der Waals surface area contributed by atoms with Crippen molar-refractivity contribution in [3.63, 3.8) is 0 Å². The number of nitrogens with zero attached hydrogens (tertiary/aromatic N) is 5. The Kier molecular flexibility index (Phi) is 5.10. The number of hydrogen-bond donors (Lipinski definition) is 1. The summed E-state index contributed by atoms with van der Waals surface area (Å²) < 4.78 is 13.5. The summed E-state index contributed by atoms with van der Waals surface area (Å²) >= 11 is 0. The summed E-state index contributed by atoms with van der Waals surface area (Å²) in [6.07, 6.45) is 6.31.